The number of carbonyl (C=O) groups is 6. The topological polar surface area (TPSA) is 267 Å². The fourth-order valence-corrected chi connectivity index (χ4v) is 0.693. The second kappa shape index (κ2) is 18.5. The van der Waals surface area contributed by atoms with Crippen LogP contribution in [-0.4, -0.2) is 83.8 Å². The Labute approximate surface area is 173 Å². The van der Waals surface area contributed by atoms with Gasteiger partial charge in [0.25, 0.3) is 0 Å². The van der Waals surface area contributed by atoms with E-state index in [1.807, 2.05) is 0 Å². The van der Waals surface area contributed by atoms with Gasteiger partial charge in [0.2, 0.25) is 0 Å². The summed E-state index contributed by atoms with van der Waals surface area (Å²) in [5.74, 6) is -8.13. The van der Waals surface area contributed by atoms with Crippen molar-refractivity contribution in [2.75, 3.05) is 0 Å². The van der Waals surface area contributed by atoms with Crippen molar-refractivity contribution < 1.29 is 99.2 Å². The van der Waals surface area contributed by atoms with Crippen molar-refractivity contribution in [3.05, 3.63) is 0 Å². The minimum atomic E-state index is -2.27. The molecule has 0 aromatic carbocycles. The van der Waals surface area contributed by atoms with Gasteiger partial charge in [0.05, 0.1) is 19.3 Å². The number of aliphatic hydroxyl groups excluding tert-OH is 2. The summed E-state index contributed by atoms with van der Waals surface area (Å²) in [6.07, 6.45) is -5.89. The zero-order chi connectivity index (χ0) is 21.4. The number of aliphatic hydroxyl groups is 2. The van der Waals surface area contributed by atoms with E-state index in [9.17, 15) is 33.9 Å². The third-order valence-corrected chi connectivity index (χ3v) is 1.90. The number of carboxylic acids is 6. The molecule has 0 amide bonds. The van der Waals surface area contributed by atoms with Gasteiger partial charge in [0.1, 0.15) is 0 Å². The van der Waals surface area contributed by atoms with Crippen molar-refractivity contribution >= 4 is 35.8 Å². The second-order valence-electron chi connectivity index (χ2n) is 4.12. The number of carboxylic acid groups (broad SMARTS) is 6. The SMILES string of the molecule is O=C(O)C(O)C(O)C(=O)O.O=C(O)CCC(=O)O.O=C([O-])CCC(=O)O.[Na+]. The van der Waals surface area contributed by atoms with Crippen LogP contribution >= 0.6 is 0 Å². The molecule has 150 valence electrons. The van der Waals surface area contributed by atoms with Crippen molar-refractivity contribution in [1.82, 2.24) is 0 Å². The molecule has 0 saturated carbocycles. The van der Waals surface area contributed by atoms with E-state index >= 15 is 0 Å². The number of carbonyl (C=O) groups excluding carboxylic acids is 1. The van der Waals surface area contributed by atoms with Crippen molar-refractivity contribution in [3.8, 4) is 0 Å². The molecule has 0 bridgehead atoms. The fourth-order valence-electron chi connectivity index (χ4n) is 0.693. The molecular formula is C12H17NaO14. The number of rotatable bonds is 9. The normalized spacial score (nSPS) is 10.9. The van der Waals surface area contributed by atoms with Gasteiger partial charge in [-0.3, -0.25) is 14.4 Å². The average Bonchev–Trinajstić information content (AvgIpc) is 2.50. The quantitative estimate of drug-likeness (QED) is 0.175. The smallest absolute Gasteiger partial charge is 0.550 e. The summed E-state index contributed by atoms with van der Waals surface area (Å²) in [7, 11) is 0. The minimum Gasteiger partial charge on any atom is -0.550 e. The maximum atomic E-state index is 9.77. The molecule has 2 atom stereocenters. The molecule has 0 saturated heterocycles. The van der Waals surface area contributed by atoms with Crippen LogP contribution in [0.25, 0.3) is 0 Å². The zero-order valence-electron chi connectivity index (χ0n) is 14.0. The number of aliphatic carboxylic acids is 6. The molecule has 14 nitrogen and oxygen atoms in total. The zero-order valence-corrected chi connectivity index (χ0v) is 16.0. The Hall–Kier alpha value is -2.26. The molecule has 0 aliphatic rings. The van der Waals surface area contributed by atoms with Gasteiger partial charge in [-0.15, -0.1) is 0 Å². The molecule has 0 aliphatic carbocycles. The molecule has 0 spiro atoms. The molecule has 0 rings (SSSR count). The van der Waals surface area contributed by atoms with Crippen LogP contribution in [0, 0.1) is 0 Å². The molecule has 2 unspecified atom stereocenters. The standard InChI is InChI=1S/C4H6O6.2C4H6O4.Na/c5-1(3(7)8)2(6)4(9)10;2*5-3(6)1-2-4(7)8;/h1-2,5-6H,(H,7,8)(H,9,10);2*1-2H2,(H,5,6)(H,7,8);/q;;;+1/p-1. The third-order valence-electron chi connectivity index (χ3n) is 1.90. The summed E-state index contributed by atoms with van der Waals surface area (Å²) < 4.78 is 0. The molecule has 0 aliphatic heterocycles. The molecule has 0 radical (unpaired) electrons. The molecule has 0 aromatic rings. The van der Waals surface area contributed by atoms with Crippen LogP contribution < -0.4 is 34.7 Å². The third kappa shape index (κ3) is 28.8. The molecule has 0 fully saturated rings. The first kappa shape index (κ1) is 32.4. The van der Waals surface area contributed by atoms with Crippen molar-refractivity contribution in [3.63, 3.8) is 0 Å². The Morgan fingerprint density at radius 2 is 0.815 bits per heavy atom. The summed E-state index contributed by atoms with van der Waals surface area (Å²) >= 11 is 0. The van der Waals surface area contributed by atoms with Gasteiger partial charge in [-0.05, 0) is 6.42 Å². The van der Waals surface area contributed by atoms with E-state index in [0.29, 0.717) is 0 Å². The van der Waals surface area contributed by atoms with E-state index in [2.05, 4.69) is 0 Å². The Bertz CT molecular complexity index is 442. The van der Waals surface area contributed by atoms with E-state index in [0.717, 1.165) is 0 Å². The minimum absolute atomic E-state index is 0. The van der Waals surface area contributed by atoms with Crippen molar-refractivity contribution in [2.45, 2.75) is 37.9 Å². The predicted octanol–water partition coefficient (Wildman–Crippen LogP) is -6.58. The molecule has 15 heteroatoms. The first-order valence-corrected chi connectivity index (χ1v) is 6.39. The van der Waals surface area contributed by atoms with Gasteiger partial charge in [-0.1, -0.05) is 0 Å². The van der Waals surface area contributed by atoms with Crippen LogP contribution in [-0.2, 0) is 28.8 Å². The van der Waals surface area contributed by atoms with E-state index in [4.69, 9.17) is 35.7 Å². The van der Waals surface area contributed by atoms with Crippen LogP contribution in [0.4, 0.5) is 0 Å². The second-order valence-corrected chi connectivity index (χ2v) is 4.12. The predicted molar refractivity (Wildman–Crippen MR) is 73.7 cm³/mol. The van der Waals surface area contributed by atoms with Crippen LogP contribution in [0.15, 0.2) is 0 Å². The summed E-state index contributed by atoms with van der Waals surface area (Å²) in [6, 6.07) is 0. The largest absolute Gasteiger partial charge is 1.00 e. The maximum Gasteiger partial charge on any atom is 1.00 e. The Balaban J connectivity index is -0.000000146. The molecule has 7 N–H and O–H groups in total. The van der Waals surface area contributed by atoms with E-state index in [1.54, 1.807) is 0 Å². The van der Waals surface area contributed by atoms with Crippen molar-refractivity contribution in [2.24, 2.45) is 0 Å². The summed E-state index contributed by atoms with van der Waals surface area (Å²) in [4.78, 5) is 58.0. The average molecular weight is 408 g/mol. The monoisotopic (exact) mass is 408 g/mol. The first-order valence-electron chi connectivity index (χ1n) is 6.39. The number of hydrogen-bond donors (Lipinski definition) is 7. The van der Waals surface area contributed by atoms with Crippen LogP contribution in [0.2, 0.25) is 0 Å². The summed E-state index contributed by atoms with van der Waals surface area (Å²) in [5, 5.41) is 65.7. The number of hydrogen-bond acceptors (Lipinski definition) is 9. The van der Waals surface area contributed by atoms with Crippen LogP contribution in [0.1, 0.15) is 25.7 Å². The first-order chi connectivity index (χ1) is 11.7. The molecule has 0 aromatic heterocycles. The van der Waals surface area contributed by atoms with E-state index < -0.39 is 54.4 Å². The van der Waals surface area contributed by atoms with Gasteiger partial charge in [0, 0.05) is 5.97 Å². The van der Waals surface area contributed by atoms with E-state index in [1.165, 1.54) is 0 Å². The Kier molecular flexibility index (Phi) is 22.2. The Morgan fingerprint density at radius 3 is 0.926 bits per heavy atom. The van der Waals surface area contributed by atoms with Gasteiger partial charge in [0.15, 0.2) is 12.2 Å². The van der Waals surface area contributed by atoms with Crippen LogP contribution in [0.3, 0.4) is 0 Å². The molecule has 0 heterocycles. The van der Waals surface area contributed by atoms with Gasteiger partial charge in [-0.2, -0.15) is 0 Å². The molecular weight excluding hydrogens is 391 g/mol. The van der Waals surface area contributed by atoms with E-state index in [-0.39, 0.29) is 48.8 Å². The van der Waals surface area contributed by atoms with Gasteiger partial charge >= 0.3 is 59.4 Å². The Morgan fingerprint density at radius 1 is 0.593 bits per heavy atom. The van der Waals surface area contributed by atoms with Gasteiger partial charge < -0.3 is 45.6 Å². The van der Waals surface area contributed by atoms with Gasteiger partial charge in [-0.25, -0.2) is 9.59 Å². The summed E-state index contributed by atoms with van der Waals surface area (Å²) in [6.45, 7) is 0. The summed E-state index contributed by atoms with van der Waals surface area (Å²) in [5.41, 5.74) is 0. The van der Waals surface area contributed by atoms with Crippen LogP contribution in [0.5, 0.6) is 0 Å². The fraction of sp³-hybridized carbons (Fsp3) is 0.500. The van der Waals surface area contributed by atoms with Crippen molar-refractivity contribution in [1.29, 1.82) is 0 Å². The maximum absolute atomic E-state index is 9.77. The molecule has 27 heavy (non-hydrogen) atoms.